The van der Waals surface area contributed by atoms with E-state index in [2.05, 4.69) is 158 Å². The van der Waals surface area contributed by atoms with E-state index in [0.717, 1.165) is 113 Å². The van der Waals surface area contributed by atoms with E-state index in [1.807, 2.05) is 48.8 Å². The van der Waals surface area contributed by atoms with E-state index in [4.69, 9.17) is 9.98 Å². The van der Waals surface area contributed by atoms with Crippen LogP contribution in [0, 0.1) is 0 Å². The van der Waals surface area contributed by atoms with Gasteiger partial charge in [-0.2, -0.15) is 0 Å². The van der Waals surface area contributed by atoms with Crippen LogP contribution in [-0.2, 0) is 17.4 Å². The molecule has 0 radical (unpaired) electrons. The normalized spacial score (nSPS) is 15.1. The first-order valence-corrected chi connectivity index (χ1v) is 23.2. The monoisotopic (exact) mass is 965 g/mol. The molecule has 0 amide bonds. The van der Waals surface area contributed by atoms with E-state index in [1.54, 1.807) is 0 Å². The molecule has 1 aliphatic carbocycles. The molecule has 0 bridgehead atoms. The molecule has 0 aromatic heterocycles. The van der Waals surface area contributed by atoms with Gasteiger partial charge < -0.3 is 27.5 Å². The number of aliphatic imine (C=N–C) groups is 2. The second-order valence-corrected chi connectivity index (χ2v) is 17.4. The predicted octanol–water partition coefficient (Wildman–Crippen LogP) is 16.5. The van der Waals surface area contributed by atoms with Crippen LogP contribution in [0.4, 0.5) is 17.3 Å². The number of hydrogen-bond acceptors (Lipinski definition) is 4. The van der Waals surface area contributed by atoms with Gasteiger partial charge in [0, 0.05) is 63.2 Å². The molecule has 0 heterocycles. The minimum atomic E-state index is -6.00. The molecule has 2 N–H and O–H groups in total. The third-order valence-corrected chi connectivity index (χ3v) is 13.1. The first-order chi connectivity index (χ1) is 33.6. The summed E-state index contributed by atoms with van der Waals surface area (Å²) in [5, 5.41) is 33.4. The van der Waals surface area contributed by atoms with Crippen molar-refractivity contribution in [2.45, 2.75) is 37.8 Å². The Morgan fingerprint density at radius 3 is 1.09 bits per heavy atom. The Morgan fingerprint density at radius 2 is 0.714 bits per heavy atom. The molecule has 1 aliphatic rings. The fourth-order valence-corrected chi connectivity index (χ4v) is 10.0. The van der Waals surface area contributed by atoms with Crippen LogP contribution >= 0.6 is 0 Å². The van der Waals surface area contributed by atoms with Gasteiger partial charge in [0.15, 0.2) is 0 Å². The summed E-state index contributed by atoms with van der Waals surface area (Å²) in [6.07, 6.45) is 7.60. The smallest absolute Gasteiger partial charge is 0.507 e. The Labute approximate surface area is 414 Å². The van der Waals surface area contributed by atoms with E-state index in [1.165, 1.54) is 0 Å². The first kappa shape index (κ1) is 47.6. The molecular weight excluding hydrogens is 919 g/mol. The van der Waals surface area contributed by atoms with Crippen molar-refractivity contribution in [1.82, 2.24) is 0 Å². The van der Waals surface area contributed by atoms with Crippen LogP contribution in [0.25, 0.3) is 87.6 Å². The number of phenolic OH excluding ortho intramolecular Hbond substituents is 2. The minimum Gasteiger partial charge on any atom is -0.507 e. The van der Waals surface area contributed by atoms with Crippen molar-refractivity contribution in [3.05, 3.63) is 205 Å². The molecular formula is C60H46BCrF4N2O2-. The average Bonchev–Trinajstić information content (AvgIpc) is 3.37. The summed E-state index contributed by atoms with van der Waals surface area (Å²) in [4.78, 5) is 10.5. The fraction of sp³-hybridized carbons (Fsp3) is 0.100. The van der Waals surface area contributed by atoms with Crippen LogP contribution in [-0.4, -0.2) is 42.0 Å². The average molecular weight is 966 g/mol. The summed E-state index contributed by atoms with van der Waals surface area (Å²) >= 11 is 0. The molecule has 1 saturated carbocycles. The van der Waals surface area contributed by atoms with Crippen molar-refractivity contribution in [3.8, 4) is 56.0 Å². The standard InChI is InChI=1S/C60H46N2O2.BF4.Cr/c63-59-45(35-43-23-9-13-27-49(43)57(59)55-47-25-11-7-21-41(47)31-33-51(55)39-17-3-1-4-18-39)37-61-53-29-15-16-30-54(53)62-38-46-36-44-24-10-14-28-50(44)58(60(46)64)56-48-26-12-8-22-42(48)32-34-52(56)40-19-5-2-6-20-40;2-1(3,4)5;/h1-14,17-28,31-38,53-54,63-64H,15-16,29-30H2;;/q;-1;/t53-,54-;;/m0../s1. The fourth-order valence-electron chi connectivity index (χ4n) is 10.0. The molecule has 10 aromatic carbocycles. The van der Waals surface area contributed by atoms with Crippen molar-refractivity contribution in [3.63, 3.8) is 0 Å². The third-order valence-electron chi connectivity index (χ3n) is 13.1. The maximum atomic E-state index is 12.5. The van der Waals surface area contributed by atoms with Crippen LogP contribution in [0.3, 0.4) is 0 Å². The van der Waals surface area contributed by atoms with Crippen LogP contribution in [0.15, 0.2) is 204 Å². The SMILES string of the molecule is F[B-](F)(F)F.Oc1c(C=N[C@H]2CCCC[C@@H]2N=Cc2cc3ccccc3c(-c3c(-c4ccccc4)ccc4ccccc34)c2O)cc2ccccc2c1-c1c(-c2ccccc2)ccc2ccccc12.[Cr]. The van der Waals surface area contributed by atoms with Crippen molar-refractivity contribution in [1.29, 1.82) is 0 Å². The second kappa shape index (κ2) is 20.6. The molecule has 2 atom stereocenters. The molecule has 346 valence electrons. The second-order valence-electron chi connectivity index (χ2n) is 17.4. The van der Waals surface area contributed by atoms with Gasteiger partial charge in [0.1, 0.15) is 11.5 Å². The summed E-state index contributed by atoms with van der Waals surface area (Å²) in [6, 6.07) is 66.9. The number of rotatable bonds is 8. The molecule has 0 aliphatic heterocycles. The third kappa shape index (κ3) is 9.84. The summed E-state index contributed by atoms with van der Waals surface area (Å²) < 4.78 is 39.0. The van der Waals surface area contributed by atoms with Gasteiger partial charge in [-0.3, -0.25) is 9.98 Å². The predicted molar refractivity (Wildman–Crippen MR) is 279 cm³/mol. The molecule has 70 heavy (non-hydrogen) atoms. The van der Waals surface area contributed by atoms with Gasteiger partial charge in [-0.05, 0) is 90.3 Å². The summed E-state index contributed by atoms with van der Waals surface area (Å²) in [5.41, 5.74) is 9.27. The number of aromatic hydroxyl groups is 2. The number of benzene rings is 10. The van der Waals surface area contributed by atoms with Gasteiger partial charge in [-0.15, -0.1) is 0 Å². The summed E-state index contributed by atoms with van der Waals surface area (Å²) in [7, 11) is -6.00. The zero-order valence-corrected chi connectivity index (χ0v) is 39.2. The molecule has 4 nitrogen and oxygen atoms in total. The molecule has 11 rings (SSSR count). The largest absolute Gasteiger partial charge is 0.673 e. The maximum absolute atomic E-state index is 12.5. The van der Waals surface area contributed by atoms with E-state index in [-0.39, 0.29) is 40.9 Å². The van der Waals surface area contributed by atoms with Crippen molar-refractivity contribution in [2.75, 3.05) is 0 Å². The van der Waals surface area contributed by atoms with Gasteiger partial charge in [0.05, 0.1) is 12.1 Å². The van der Waals surface area contributed by atoms with Gasteiger partial charge in [0.25, 0.3) is 0 Å². The molecule has 0 unspecified atom stereocenters. The molecule has 0 saturated heterocycles. The number of hydrogen-bond donors (Lipinski definition) is 2. The maximum Gasteiger partial charge on any atom is 0.673 e. The first-order valence-electron chi connectivity index (χ1n) is 23.2. The Morgan fingerprint density at radius 1 is 0.400 bits per heavy atom. The van der Waals surface area contributed by atoms with Crippen LogP contribution in [0.5, 0.6) is 11.5 Å². The molecule has 10 heteroatoms. The van der Waals surface area contributed by atoms with Crippen LogP contribution < -0.4 is 0 Å². The topological polar surface area (TPSA) is 65.2 Å². The van der Waals surface area contributed by atoms with Gasteiger partial charge in [-0.1, -0.05) is 195 Å². The van der Waals surface area contributed by atoms with Gasteiger partial charge in [-0.25, -0.2) is 0 Å². The molecule has 0 spiro atoms. The minimum absolute atomic E-state index is 0. The zero-order valence-electron chi connectivity index (χ0n) is 37.9. The Kier molecular flexibility index (Phi) is 14.0. The van der Waals surface area contributed by atoms with Crippen molar-refractivity contribution >= 4 is 62.8 Å². The zero-order chi connectivity index (χ0) is 47.5. The molecule has 1 fully saturated rings. The van der Waals surface area contributed by atoms with Gasteiger partial charge >= 0.3 is 7.25 Å². The summed E-state index contributed by atoms with van der Waals surface area (Å²) in [6.45, 7) is 0. The van der Waals surface area contributed by atoms with E-state index >= 15 is 0 Å². The van der Waals surface area contributed by atoms with Gasteiger partial charge in [0.2, 0.25) is 0 Å². The molecule has 10 aromatic rings. The number of halogens is 4. The number of nitrogens with zero attached hydrogens (tertiary/aromatic N) is 2. The van der Waals surface area contributed by atoms with Crippen LogP contribution in [0.2, 0.25) is 0 Å². The Hall–Kier alpha value is -7.50. The van der Waals surface area contributed by atoms with E-state index < -0.39 is 7.25 Å². The summed E-state index contributed by atoms with van der Waals surface area (Å²) in [5.74, 6) is 0.424. The van der Waals surface area contributed by atoms with E-state index in [0.29, 0.717) is 11.1 Å². The number of fused-ring (bicyclic) bond motifs is 4. The van der Waals surface area contributed by atoms with E-state index in [9.17, 15) is 27.5 Å². The Bertz CT molecular complexity index is 3330. The van der Waals surface area contributed by atoms with Crippen molar-refractivity contribution in [2.24, 2.45) is 9.98 Å². The van der Waals surface area contributed by atoms with Crippen LogP contribution in [0.1, 0.15) is 36.8 Å². The number of phenols is 2. The Balaban J connectivity index is 0.000000967. The van der Waals surface area contributed by atoms with Crippen molar-refractivity contribution < 1.29 is 44.8 Å². The quantitative estimate of drug-likeness (QED) is 0.0905.